The third-order valence-electron chi connectivity index (χ3n) is 2.74. The molecule has 1 aromatic rings. The van der Waals surface area contributed by atoms with Crippen molar-refractivity contribution in [2.75, 3.05) is 11.5 Å². The Hall–Kier alpha value is -1.59. The molecule has 0 aliphatic heterocycles. The maximum absolute atomic E-state index is 12.0. The molecule has 17 heavy (non-hydrogen) atoms. The van der Waals surface area contributed by atoms with Crippen LogP contribution in [0.1, 0.15) is 21.5 Å². The van der Waals surface area contributed by atoms with E-state index in [4.69, 9.17) is 41.0 Å². The molecule has 0 spiro atoms. The largest absolute Gasteiger partial charge is 0.398 e. The second-order valence-electron chi connectivity index (χ2n) is 3.83. The molecule has 2 rings (SSSR count). The number of carbonyl (C=O) groups excluding carboxylic acids is 1. The van der Waals surface area contributed by atoms with Gasteiger partial charge >= 0.3 is 0 Å². The summed E-state index contributed by atoms with van der Waals surface area (Å²) in [5.41, 5.74) is 19.4. The lowest BCUT2D eigenvalue weighted by Crippen LogP contribution is -2.26. The standard InChI is InChI=1S/C11H10ClN3OS/c1-3-2-4(13)5-6(8(3)14)10(16)9(15)7(12)11(5)17/h2H,13-15H2,1H3. The van der Waals surface area contributed by atoms with Crippen molar-refractivity contribution in [1.29, 1.82) is 0 Å². The highest BCUT2D eigenvalue weighted by molar-refractivity contribution is 7.81. The number of nitrogen functional groups attached to an aromatic ring is 2. The highest BCUT2D eigenvalue weighted by Crippen LogP contribution is 2.35. The predicted molar refractivity (Wildman–Crippen MR) is 73.1 cm³/mol. The summed E-state index contributed by atoms with van der Waals surface area (Å²) >= 11 is 11.0. The topological polar surface area (TPSA) is 95.1 Å². The Kier molecular flexibility index (Phi) is 2.60. The number of hydrogen-bond donors (Lipinski definition) is 3. The van der Waals surface area contributed by atoms with Gasteiger partial charge in [0.2, 0.25) is 5.78 Å². The summed E-state index contributed by atoms with van der Waals surface area (Å²) in [5.74, 6) is -0.425. The summed E-state index contributed by atoms with van der Waals surface area (Å²) in [5, 5.41) is 0.0625. The van der Waals surface area contributed by atoms with Crippen LogP contribution in [0.3, 0.4) is 0 Å². The number of carbonyl (C=O) groups is 1. The van der Waals surface area contributed by atoms with Gasteiger partial charge in [0, 0.05) is 16.9 Å². The number of fused-ring (bicyclic) bond motifs is 1. The van der Waals surface area contributed by atoms with Gasteiger partial charge in [0.25, 0.3) is 0 Å². The zero-order valence-electron chi connectivity index (χ0n) is 9.00. The van der Waals surface area contributed by atoms with E-state index in [1.807, 2.05) is 0 Å². The van der Waals surface area contributed by atoms with E-state index in [0.717, 1.165) is 0 Å². The molecule has 4 nitrogen and oxygen atoms in total. The molecular weight excluding hydrogens is 258 g/mol. The SMILES string of the molecule is Cc1cc(N)c2c(c1N)C(=O)C(N)=C(Cl)C2=S. The number of benzene rings is 1. The molecule has 1 aliphatic carbocycles. The molecule has 0 heterocycles. The van der Waals surface area contributed by atoms with Gasteiger partial charge in [-0.25, -0.2) is 0 Å². The van der Waals surface area contributed by atoms with Gasteiger partial charge in [-0.3, -0.25) is 4.79 Å². The lowest BCUT2D eigenvalue weighted by molar-refractivity contribution is 0.103. The third kappa shape index (κ3) is 1.50. The molecule has 0 aromatic heterocycles. The summed E-state index contributed by atoms with van der Waals surface area (Å²) in [6, 6.07) is 1.67. The van der Waals surface area contributed by atoms with Gasteiger partial charge in [0.05, 0.1) is 15.5 Å². The number of allylic oxidation sites excluding steroid dienone is 2. The smallest absolute Gasteiger partial charge is 0.213 e. The molecule has 0 bridgehead atoms. The fraction of sp³-hybridized carbons (Fsp3) is 0.0909. The summed E-state index contributed by atoms with van der Waals surface area (Å²) in [7, 11) is 0. The number of ketones is 1. The Morgan fingerprint density at radius 3 is 2.41 bits per heavy atom. The Balaban J connectivity index is 2.90. The molecule has 0 unspecified atom stereocenters. The van der Waals surface area contributed by atoms with Crippen LogP contribution >= 0.6 is 23.8 Å². The molecule has 0 saturated heterocycles. The first-order valence-electron chi connectivity index (χ1n) is 4.79. The van der Waals surface area contributed by atoms with Crippen molar-refractivity contribution in [1.82, 2.24) is 0 Å². The maximum atomic E-state index is 12.0. The molecule has 6 N–H and O–H groups in total. The minimum absolute atomic E-state index is 0.0625. The monoisotopic (exact) mass is 267 g/mol. The molecule has 88 valence electrons. The van der Waals surface area contributed by atoms with E-state index in [1.54, 1.807) is 13.0 Å². The predicted octanol–water partition coefficient (Wildman–Crippen LogP) is 1.48. The number of thiocarbonyl (C=S) groups is 1. The number of rotatable bonds is 0. The van der Waals surface area contributed by atoms with Crippen LogP contribution in [0.5, 0.6) is 0 Å². The van der Waals surface area contributed by atoms with Crippen LogP contribution in [0, 0.1) is 6.92 Å². The number of hydrogen-bond acceptors (Lipinski definition) is 5. The van der Waals surface area contributed by atoms with E-state index in [-0.39, 0.29) is 21.2 Å². The maximum Gasteiger partial charge on any atom is 0.213 e. The Morgan fingerprint density at radius 2 is 1.82 bits per heavy atom. The van der Waals surface area contributed by atoms with Gasteiger partial charge in [0.1, 0.15) is 5.70 Å². The first kappa shape index (κ1) is 11.9. The Morgan fingerprint density at radius 1 is 1.24 bits per heavy atom. The number of halogens is 1. The molecule has 0 radical (unpaired) electrons. The molecule has 1 aliphatic rings. The van der Waals surface area contributed by atoms with Crippen LogP contribution in [-0.4, -0.2) is 10.6 Å². The van der Waals surface area contributed by atoms with Crippen molar-refractivity contribution in [2.24, 2.45) is 5.73 Å². The molecule has 6 heteroatoms. The zero-order valence-corrected chi connectivity index (χ0v) is 10.6. The van der Waals surface area contributed by atoms with E-state index in [1.165, 1.54) is 0 Å². The van der Waals surface area contributed by atoms with Crippen molar-refractivity contribution < 1.29 is 4.79 Å². The Labute approximate surface area is 108 Å². The molecule has 0 fully saturated rings. The van der Waals surface area contributed by atoms with Crippen LogP contribution in [0.25, 0.3) is 0 Å². The summed E-state index contributed by atoms with van der Waals surface area (Å²) in [6.07, 6.45) is 0. The van der Waals surface area contributed by atoms with Crippen LogP contribution in [0.15, 0.2) is 16.8 Å². The van der Waals surface area contributed by atoms with Crippen LogP contribution in [-0.2, 0) is 0 Å². The lowest BCUT2D eigenvalue weighted by Gasteiger charge is -2.21. The average Bonchev–Trinajstić information content (AvgIpc) is 2.28. The van der Waals surface area contributed by atoms with Crippen molar-refractivity contribution in [3.63, 3.8) is 0 Å². The molecule has 0 atom stereocenters. The first-order valence-corrected chi connectivity index (χ1v) is 5.58. The van der Waals surface area contributed by atoms with Crippen molar-refractivity contribution in [3.8, 4) is 0 Å². The first-order chi connectivity index (χ1) is 7.86. The van der Waals surface area contributed by atoms with Gasteiger partial charge in [-0.2, -0.15) is 0 Å². The van der Waals surface area contributed by atoms with Gasteiger partial charge in [-0.05, 0) is 18.6 Å². The van der Waals surface area contributed by atoms with Gasteiger partial charge in [-0.1, -0.05) is 23.8 Å². The van der Waals surface area contributed by atoms with E-state index in [2.05, 4.69) is 0 Å². The molecule has 1 aromatic carbocycles. The normalized spacial score (nSPS) is 15.2. The number of anilines is 2. The van der Waals surface area contributed by atoms with Crippen LogP contribution < -0.4 is 17.2 Å². The van der Waals surface area contributed by atoms with Crippen molar-refractivity contribution >= 4 is 45.8 Å². The average molecular weight is 268 g/mol. The van der Waals surface area contributed by atoms with Gasteiger partial charge in [0.15, 0.2) is 0 Å². The van der Waals surface area contributed by atoms with Gasteiger partial charge in [-0.15, -0.1) is 0 Å². The van der Waals surface area contributed by atoms with Crippen LogP contribution in [0.4, 0.5) is 11.4 Å². The van der Waals surface area contributed by atoms with E-state index >= 15 is 0 Å². The number of nitrogens with two attached hydrogens (primary N) is 3. The summed E-state index contributed by atoms with van der Waals surface area (Å²) in [4.78, 5) is 12.3. The van der Waals surface area contributed by atoms with Gasteiger partial charge < -0.3 is 17.2 Å². The Bertz CT molecular complexity index is 607. The third-order valence-corrected chi connectivity index (χ3v) is 3.65. The van der Waals surface area contributed by atoms with E-state index < -0.39 is 5.78 Å². The summed E-state index contributed by atoms with van der Waals surface area (Å²) in [6.45, 7) is 1.76. The zero-order chi connectivity index (χ0) is 12.9. The number of Topliss-reactive ketones (excluding diaryl/α,β-unsaturated/α-hetero) is 1. The summed E-state index contributed by atoms with van der Waals surface area (Å²) < 4.78 is 0. The van der Waals surface area contributed by atoms with Crippen molar-refractivity contribution in [3.05, 3.63) is 33.5 Å². The fourth-order valence-electron chi connectivity index (χ4n) is 1.81. The minimum Gasteiger partial charge on any atom is -0.398 e. The molecular formula is C11H10ClN3OS. The minimum atomic E-state index is -0.425. The van der Waals surface area contributed by atoms with E-state index in [0.29, 0.717) is 22.5 Å². The molecule has 0 amide bonds. The highest BCUT2D eigenvalue weighted by Gasteiger charge is 2.31. The second-order valence-corrected chi connectivity index (χ2v) is 4.62. The van der Waals surface area contributed by atoms with E-state index in [9.17, 15) is 4.79 Å². The fourth-order valence-corrected chi connectivity index (χ4v) is 2.32. The highest BCUT2D eigenvalue weighted by atomic mass is 35.5. The quantitative estimate of drug-likeness (QED) is 0.489. The van der Waals surface area contributed by atoms with Crippen molar-refractivity contribution in [2.45, 2.75) is 6.92 Å². The molecule has 0 saturated carbocycles. The lowest BCUT2D eigenvalue weighted by atomic mass is 9.89. The van der Waals surface area contributed by atoms with Crippen LogP contribution in [0.2, 0.25) is 0 Å². The second kappa shape index (κ2) is 3.72. The number of aryl methyl sites for hydroxylation is 1.